The van der Waals surface area contributed by atoms with Crippen molar-refractivity contribution in [3.63, 3.8) is 0 Å². The summed E-state index contributed by atoms with van der Waals surface area (Å²) in [6.45, 7) is 0.241. The van der Waals surface area contributed by atoms with Gasteiger partial charge in [0.1, 0.15) is 0 Å². The zero-order valence-corrected chi connectivity index (χ0v) is 8.85. The first-order valence-electron chi connectivity index (χ1n) is 4.35. The molecule has 2 heterocycles. The smallest absolute Gasteiger partial charge is 0.356 e. The van der Waals surface area contributed by atoms with E-state index < -0.39 is 5.97 Å². The Labute approximate surface area is 93.8 Å². The molecular weight excluding hydrogens is 230 g/mol. The lowest BCUT2D eigenvalue weighted by molar-refractivity contribution is 0.0687. The summed E-state index contributed by atoms with van der Waals surface area (Å²) in [6.07, 6.45) is 1.62. The number of thiazole rings is 1. The summed E-state index contributed by atoms with van der Waals surface area (Å²) in [4.78, 5) is 26.8. The van der Waals surface area contributed by atoms with Crippen LogP contribution in [0.1, 0.15) is 15.4 Å². The molecule has 16 heavy (non-hydrogen) atoms. The van der Waals surface area contributed by atoms with Crippen LogP contribution in [0.2, 0.25) is 0 Å². The van der Waals surface area contributed by atoms with Crippen LogP contribution >= 0.6 is 11.3 Å². The van der Waals surface area contributed by atoms with Crippen molar-refractivity contribution < 1.29 is 9.90 Å². The fraction of sp³-hybridized carbons (Fsp3) is 0.111. The van der Waals surface area contributed by atoms with Gasteiger partial charge < -0.3 is 5.11 Å². The number of hydrogen-bond acceptors (Lipinski definition) is 5. The van der Waals surface area contributed by atoms with Crippen molar-refractivity contribution in [2.75, 3.05) is 0 Å². The lowest BCUT2D eigenvalue weighted by Crippen LogP contribution is -2.24. The molecule has 0 bridgehead atoms. The summed E-state index contributed by atoms with van der Waals surface area (Å²) in [5.74, 6) is -1.15. The van der Waals surface area contributed by atoms with E-state index >= 15 is 0 Å². The van der Waals surface area contributed by atoms with Crippen molar-refractivity contribution in [3.05, 3.63) is 44.8 Å². The molecule has 0 aliphatic carbocycles. The topological polar surface area (TPSA) is 85.1 Å². The fourth-order valence-corrected chi connectivity index (χ4v) is 1.72. The van der Waals surface area contributed by atoms with Gasteiger partial charge >= 0.3 is 5.97 Å². The average Bonchev–Trinajstić information content (AvgIpc) is 2.73. The van der Waals surface area contributed by atoms with E-state index in [-0.39, 0.29) is 17.8 Å². The maximum Gasteiger partial charge on any atom is 0.356 e. The van der Waals surface area contributed by atoms with Gasteiger partial charge in [-0.3, -0.25) is 9.78 Å². The minimum absolute atomic E-state index is 0.149. The second-order valence-electron chi connectivity index (χ2n) is 2.99. The lowest BCUT2D eigenvalue weighted by Gasteiger charge is -2.02. The van der Waals surface area contributed by atoms with Gasteiger partial charge in [-0.2, -0.15) is 5.10 Å². The minimum atomic E-state index is -1.15. The van der Waals surface area contributed by atoms with E-state index in [0.717, 1.165) is 9.56 Å². The molecule has 7 heteroatoms. The molecule has 0 saturated carbocycles. The van der Waals surface area contributed by atoms with E-state index in [1.165, 1.54) is 23.5 Å². The van der Waals surface area contributed by atoms with Crippen LogP contribution in [0.15, 0.2) is 28.6 Å². The maximum absolute atomic E-state index is 11.4. The third-order valence-corrected chi connectivity index (χ3v) is 2.64. The molecular formula is C9H7N3O3S. The molecule has 82 valence electrons. The molecule has 2 aromatic heterocycles. The third kappa shape index (κ3) is 2.14. The zero-order chi connectivity index (χ0) is 11.5. The first kappa shape index (κ1) is 10.5. The molecule has 0 fully saturated rings. The van der Waals surface area contributed by atoms with Gasteiger partial charge in [0.2, 0.25) is 0 Å². The number of nitrogens with zero attached hydrogens (tertiary/aromatic N) is 3. The van der Waals surface area contributed by atoms with Gasteiger partial charge in [0.05, 0.1) is 12.1 Å². The van der Waals surface area contributed by atoms with Crippen LogP contribution in [-0.2, 0) is 6.54 Å². The molecule has 0 unspecified atom stereocenters. The van der Waals surface area contributed by atoms with Crippen LogP contribution in [0.5, 0.6) is 0 Å². The highest BCUT2D eigenvalue weighted by atomic mass is 32.1. The molecule has 1 N–H and O–H groups in total. The lowest BCUT2D eigenvalue weighted by atomic mass is 10.4. The van der Waals surface area contributed by atoms with E-state index in [1.807, 2.05) is 0 Å². The standard InChI is InChI=1S/C9H7N3O3S/c13-8-2-1-7(9(14)15)11-12(8)4-6-3-10-5-16-6/h1-3,5H,4H2,(H,14,15). The Kier molecular flexibility index (Phi) is 2.78. The summed E-state index contributed by atoms with van der Waals surface area (Å²) in [5, 5.41) is 12.5. The normalized spacial score (nSPS) is 10.2. The second-order valence-corrected chi connectivity index (χ2v) is 3.96. The van der Waals surface area contributed by atoms with Gasteiger partial charge in [-0.05, 0) is 6.07 Å². The molecule has 0 aliphatic heterocycles. The molecule has 0 aromatic carbocycles. The SMILES string of the molecule is O=C(O)c1ccc(=O)n(Cc2cncs2)n1. The van der Waals surface area contributed by atoms with Crippen LogP contribution in [0.3, 0.4) is 0 Å². The maximum atomic E-state index is 11.4. The highest BCUT2D eigenvalue weighted by Gasteiger charge is 2.07. The van der Waals surface area contributed by atoms with Crippen molar-refractivity contribution in [2.45, 2.75) is 6.54 Å². The first-order valence-corrected chi connectivity index (χ1v) is 5.23. The van der Waals surface area contributed by atoms with Crippen molar-refractivity contribution in [2.24, 2.45) is 0 Å². The number of carbonyl (C=O) groups is 1. The Bertz CT molecular complexity index is 562. The molecule has 0 amide bonds. The highest BCUT2D eigenvalue weighted by molar-refractivity contribution is 7.09. The number of aromatic carboxylic acids is 1. The van der Waals surface area contributed by atoms with Crippen LogP contribution in [0, 0.1) is 0 Å². The number of carboxylic acids is 1. The molecule has 6 nitrogen and oxygen atoms in total. The van der Waals surface area contributed by atoms with Gasteiger partial charge in [0.15, 0.2) is 5.69 Å². The van der Waals surface area contributed by atoms with E-state index in [0.29, 0.717) is 0 Å². The monoisotopic (exact) mass is 237 g/mol. The van der Waals surface area contributed by atoms with Crippen LogP contribution in [-0.4, -0.2) is 25.8 Å². The molecule has 0 spiro atoms. The predicted octanol–water partition coefficient (Wildman–Crippen LogP) is 0.446. The number of carboxylic acid groups (broad SMARTS) is 1. The van der Waals surface area contributed by atoms with Crippen LogP contribution in [0.4, 0.5) is 0 Å². The van der Waals surface area contributed by atoms with E-state index in [9.17, 15) is 9.59 Å². The second kappa shape index (κ2) is 4.23. The Balaban J connectivity index is 2.36. The van der Waals surface area contributed by atoms with Gasteiger partial charge in [-0.1, -0.05) is 0 Å². The Morgan fingerprint density at radius 3 is 2.94 bits per heavy atom. The molecule has 2 rings (SSSR count). The first-order chi connectivity index (χ1) is 7.66. The third-order valence-electron chi connectivity index (χ3n) is 1.87. The Morgan fingerprint density at radius 1 is 1.50 bits per heavy atom. The van der Waals surface area contributed by atoms with E-state index in [1.54, 1.807) is 11.7 Å². The summed E-state index contributed by atoms with van der Waals surface area (Å²) in [5.41, 5.74) is 1.16. The van der Waals surface area contributed by atoms with Crippen LogP contribution in [0.25, 0.3) is 0 Å². The summed E-state index contributed by atoms with van der Waals surface area (Å²) in [7, 11) is 0. The Hall–Kier alpha value is -2.02. The summed E-state index contributed by atoms with van der Waals surface area (Å²) >= 11 is 1.38. The zero-order valence-electron chi connectivity index (χ0n) is 8.03. The summed E-state index contributed by atoms with van der Waals surface area (Å²) in [6, 6.07) is 2.38. The molecule has 0 radical (unpaired) electrons. The predicted molar refractivity (Wildman–Crippen MR) is 56.7 cm³/mol. The fourth-order valence-electron chi connectivity index (χ4n) is 1.14. The number of aromatic nitrogens is 3. The quantitative estimate of drug-likeness (QED) is 0.837. The Morgan fingerprint density at radius 2 is 2.31 bits per heavy atom. The van der Waals surface area contributed by atoms with Gasteiger partial charge in [0.25, 0.3) is 5.56 Å². The summed E-state index contributed by atoms with van der Waals surface area (Å²) < 4.78 is 1.11. The number of rotatable bonds is 3. The average molecular weight is 237 g/mol. The minimum Gasteiger partial charge on any atom is -0.476 e. The van der Waals surface area contributed by atoms with Crippen LogP contribution < -0.4 is 5.56 Å². The molecule has 2 aromatic rings. The van der Waals surface area contributed by atoms with Gasteiger partial charge in [-0.25, -0.2) is 9.48 Å². The molecule has 0 aliphatic rings. The van der Waals surface area contributed by atoms with Crippen molar-refractivity contribution in [3.8, 4) is 0 Å². The van der Waals surface area contributed by atoms with Gasteiger partial charge in [-0.15, -0.1) is 11.3 Å². The van der Waals surface area contributed by atoms with Gasteiger partial charge in [0, 0.05) is 17.1 Å². The highest BCUT2D eigenvalue weighted by Crippen LogP contribution is 2.05. The van der Waals surface area contributed by atoms with E-state index in [2.05, 4.69) is 10.1 Å². The van der Waals surface area contributed by atoms with Crippen molar-refractivity contribution in [1.82, 2.24) is 14.8 Å². The van der Waals surface area contributed by atoms with Crippen molar-refractivity contribution >= 4 is 17.3 Å². The largest absolute Gasteiger partial charge is 0.476 e. The number of hydrogen-bond donors (Lipinski definition) is 1. The van der Waals surface area contributed by atoms with Crippen molar-refractivity contribution in [1.29, 1.82) is 0 Å². The molecule has 0 atom stereocenters. The molecule has 0 saturated heterocycles. The van der Waals surface area contributed by atoms with E-state index in [4.69, 9.17) is 5.11 Å².